The summed E-state index contributed by atoms with van der Waals surface area (Å²) in [4.78, 5) is 14.2. The van der Waals surface area contributed by atoms with E-state index in [0.29, 0.717) is 22.1 Å². The van der Waals surface area contributed by atoms with Crippen LogP contribution in [-0.4, -0.2) is 46.7 Å². The van der Waals surface area contributed by atoms with Crippen molar-refractivity contribution in [1.82, 2.24) is 20.4 Å². The van der Waals surface area contributed by atoms with Crippen molar-refractivity contribution in [1.29, 1.82) is 0 Å². The van der Waals surface area contributed by atoms with E-state index in [4.69, 9.17) is 11.6 Å². The van der Waals surface area contributed by atoms with E-state index >= 15 is 0 Å². The number of aromatic nitrogens is 2. The fraction of sp³-hybridized carbons (Fsp3) is 0.727. The molecule has 0 spiro atoms. The van der Waals surface area contributed by atoms with Crippen LogP contribution in [0, 0.1) is 0 Å². The Kier molecular flexibility index (Phi) is 4.91. The lowest BCUT2D eigenvalue weighted by atomic mass is 10.1. The number of carbonyl (C=O) groups is 1. The van der Waals surface area contributed by atoms with Crippen LogP contribution in [0.2, 0.25) is 4.47 Å². The number of nitrogens with zero attached hydrogens (tertiary/aromatic N) is 3. The summed E-state index contributed by atoms with van der Waals surface area (Å²) in [6.07, 6.45) is 3.83. The predicted molar refractivity (Wildman–Crippen MR) is 72.1 cm³/mol. The molecule has 1 aliphatic rings. The zero-order valence-corrected chi connectivity index (χ0v) is 11.9. The van der Waals surface area contributed by atoms with Crippen molar-refractivity contribution in [2.24, 2.45) is 0 Å². The average molecular weight is 289 g/mol. The summed E-state index contributed by atoms with van der Waals surface area (Å²) in [7, 11) is 0. The van der Waals surface area contributed by atoms with Gasteiger partial charge in [0.2, 0.25) is 9.47 Å². The monoisotopic (exact) mass is 288 g/mol. The van der Waals surface area contributed by atoms with Gasteiger partial charge in [-0.3, -0.25) is 9.69 Å². The second kappa shape index (κ2) is 6.45. The smallest absolute Gasteiger partial charge is 0.282 e. The van der Waals surface area contributed by atoms with Gasteiger partial charge in [-0.15, -0.1) is 10.2 Å². The summed E-state index contributed by atoms with van der Waals surface area (Å²) in [5, 5.41) is 10.5. The van der Waals surface area contributed by atoms with Crippen molar-refractivity contribution in [2.45, 2.75) is 32.2 Å². The average Bonchev–Trinajstić information content (AvgIpc) is 2.83. The second-order valence-corrected chi connectivity index (χ2v) is 6.08. The molecule has 1 saturated heterocycles. The van der Waals surface area contributed by atoms with E-state index in [9.17, 15) is 4.79 Å². The highest BCUT2D eigenvalue weighted by atomic mass is 35.5. The van der Waals surface area contributed by atoms with Gasteiger partial charge in [-0.1, -0.05) is 17.8 Å². The van der Waals surface area contributed by atoms with Gasteiger partial charge in [-0.2, -0.15) is 0 Å². The van der Waals surface area contributed by atoms with E-state index in [1.165, 1.54) is 19.3 Å². The summed E-state index contributed by atoms with van der Waals surface area (Å²) in [5.41, 5.74) is 0. The first-order valence-corrected chi connectivity index (χ1v) is 7.37. The van der Waals surface area contributed by atoms with E-state index < -0.39 is 0 Å². The van der Waals surface area contributed by atoms with Crippen LogP contribution in [-0.2, 0) is 0 Å². The largest absolute Gasteiger partial charge is 0.348 e. The lowest BCUT2D eigenvalue weighted by molar-refractivity contribution is 0.0929. The molecular formula is C11H17ClN4OS. The molecule has 0 aromatic carbocycles. The van der Waals surface area contributed by atoms with Crippen molar-refractivity contribution in [3.63, 3.8) is 0 Å². The molecule has 7 heteroatoms. The molecule has 2 rings (SSSR count). The normalized spacial score (nSPS) is 18.6. The molecule has 100 valence electrons. The van der Waals surface area contributed by atoms with Gasteiger partial charge in [0.15, 0.2) is 0 Å². The number of piperidine rings is 1. The topological polar surface area (TPSA) is 58.1 Å². The first kappa shape index (κ1) is 13.7. The van der Waals surface area contributed by atoms with Gasteiger partial charge in [-0.05, 0) is 44.5 Å². The number of likely N-dealkylation sites (tertiary alicyclic amines) is 1. The van der Waals surface area contributed by atoms with Gasteiger partial charge in [0.05, 0.1) is 0 Å². The van der Waals surface area contributed by atoms with Gasteiger partial charge < -0.3 is 5.32 Å². The molecule has 1 N–H and O–H groups in total. The van der Waals surface area contributed by atoms with Gasteiger partial charge in [-0.25, -0.2) is 0 Å². The lowest BCUT2D eigenvalue weighted by Crippen LogP contribution is -2.44. The first-order valence-electron chi connectivity index (χ1n) is 6.18. The number of amides is 1. The molecule has 1 unspecified atom stereocenters. The third-order valence-electron chi connectivity index (χ3n) is 3.17. The third kappa shape index (κ3) is 3.63. The van der Waals surface area contributed by atoms with Crippen molar-refractivity contribution in [3.05, 3.63) is 9.47 Å². The zero-order valence-electron chi connectivity index (χ0n) is 10.4. The molecule has 1 aromatic rings. The summed E-state index contributed by atoms with van der Waals surface area (Å²) >= 11 is 6.75. The molecule has 2 heterocycles. The van der Waals surface area contributed by atoms with Gasteiger partial charge in [0.1, 0.15) is 0 Å². The fourth-order valence-corrected chi connectivity index (χ4v) is 2.85. The summed E-state index contributed by atoms with van der Waals surface area (Å²) in [6, 6.07) is 0.359. The fourth-order valence-electron chi connectivity index (χ4n) is 2.10. The molecule has 0 bridgehead atoms. The predicted octanol–water partition coefficient (Wildman–Crippen LogP) is 1.80. The zero-order chi connectivity index (χ0) is 13.0. The number of hydrogen-bond acceptors (Lipinski definition) is 5. The number of hydrogen-bond donors (Lipinski definition) is 1. The molecule has 1 amide bonds. The quantitative estimate of drug-likeness (QED) is 0.918. The van der Waals surface area contributed by atoms with Crippen LogP contribution in [0.3, 0.4) is 0 Å². The van der Waals surface area contributed by atoms with Crippen LogP contribution >= 0.6 is 22.9 Å². The maximum absolute atomic E-state index is 11.8. The number of carbonyl (C=O) groups excluding carboxylic acids is 1. The summed E-state index contributed by atoms with van der Waals surface area (Å²) in [5.74, 6) is -0.191. The minimum Gasteiger partial charge on any atom is -0.348 e. The van der Waals surface area contributed by atoms with E-state index in [-0.39, 0.29) is 5.91 Å². The molecule has 0 radical (unpaired) electrons. The molecule has 1 aliphatic heterocycles. The molecule has 0 saturated carbocycles. The number of rotatable bonds is 4. The molecule has 18 heavy (non-hydrogen) atoms. The van der Waals surface area contributed by atoms with Crippen LogP contribution in [0.5, 0.6) is 0 Å². The molecular weight excluding hydrogens is 272 g/mol. The van der Waals surface area contributed by atoms with Gasteiger partial charge >= 0.3 is 0 Å². The molecule has 5 nitrogen and oxygen atoms in total. The Morgan fingerprint density at radius 2 is 2.17 bits per heavy atom. The number of nitrogens with one attached hydrogen (secondary N) is 1. The van der Waals surface area contributed by atoms with Gasteiger partial charge in [0.25, 0.3) is 5.91 Å². The highest BCUT2D eigenvalue weighted by Gasteiger charge is 2.18. The summed E-state index contributed by atoms with van der Waals surface area (Å²) < 4.78 is 0.296. The lowest BCUT2D eigenvalue weighted by Gasteiger charge is -2.32. The highest BCUT2D eigenvalue weighted by Crippen LogP contribution is 2.15. The van der Waals surface area contributed by atoms with E-state index in [0.717, 1.165) is 24.4 Å². The Morgan fingerprint density at radius 3 is 2.78 bits per heavy atom. The van der Waals surface area contributed by atoms with Gasteiger partial charge in [0, 0.05) is 12.6 Å². The van der Waals surface area contributed by atoms with Crippen molar-refractivity contribution in [2.75, 3.05) is 19.6 Å². The SMILES string of the molecule is CC(CNC(=O)c1nnc(Cl)s1)N1CCCCC1. The van der Waals surface area contributed by atoms with Crippen molar-refractivity contribution in [3.8, 4) is 0 Å². The Morgan fingerprint density at radius 1 is 1.44 bits per heavy atom. The van der Waals surface area contributed by atoms with Crippen LogP contribution in [0.4, 0.5) is 0 Å². The maximum atomic E-state index is 11.8. The Hall–Kier alpha value is -0.720. The molecule has 1 aromatic heterocycles. The maximum Gasteiger partial charge on any atom is 0.282 e. The van der Waals surface area contributed by atoms with Crippen LogP contribution < -0.4 is 5.32 Å². The Bertz CT molecular complexity index is 406. The van der Waals surface area contributed by atoms with Crippen LogP contribution in [0.15, 0.2) is 0 Å². The van der Waals surface area contributed by atoms with E-state index in [1.807, 2.05) is 0 Å². The van der Waals surface area contributed by atoms with Crippen molar-refractivity contribution < 1.29 is 4.79 Å². The van der Waals surface area contributed by atoms with Crippen LogP contribution in [0.1, 0.15) is 36.0 Å². The minimum atomic E-state index is -0.191. The molecule has 1 atom stereocenters. The molecule has 1 fully saturated rings. The highest BCUT2D eigenvalue weighted by molar-refractivity contribution is 7.17. The summed E-state index contributed by atoms with van der Waals surface area (Å²) in [6.45, 7) is 5.03. The van der Waals surface area contributed by atoms with E-state index in [2.05, 4.69) is 27.3 Å². The first-order chi connectivity index (χ1) is 8.66. The van der Waals surface area contributed by atoms with E-state index in [1.54, 1.807) is 0 Å². The van der Waals surface area contributed by atoms with Crippen LogP contribution in [0.25, 0.3) is 0 Å². The van der Waals surface area contributed by atoms with Crippen molar-refractivity contribution >= 4 is 28.8 Å². The Balaban J connectivity index is 1.78. The Labute approximate surface area is 116 Å². The standard InChI is InChI=1S/C11H17ClN4OS/c1-8(16-5-3-2-4-6-16)7-13-9(17)10-14-15-11(12)18-10/h8H,2-7H2,1H3,(H,13,17). The third-order valence-corrected chi connectivity index (χ3v) is 4.18. The molecule has 0 aliphatic carbocycles. The minimum absolute atomic E-state index is 0.191. The second-order valence-electron chi connectivity index (χ2n) is 4.52. The number of halogens is 1.